The smallest absolute Gasteiger partial charge is 0.224 e. The fraction of sp³-hybridized carbons (Fsp3) is 0.118. The third-order valence-electron chi connectivity index (χ3n) is 3.30. The Kier molecular flexibility index (Phi) is 4.90. The Bertz CT molecular complexity index is 852. The van der Waals surface area contributed by atoms with Gasteiger partial charge in [-0.05, 0) is 24.3 Å². The number of nitrogens with one attached hydrogen (secondary N) is 1. The summed E-state index contributed by atoms with van der Waals surface area (Å²) < 4.78 is 26.3. The molecule has 1 aromatic carbocycles. The SMILES string of the molecule is O=C(CCc1nc(-c2ccncc2)cs1)Nc1ccc(F)cc1F. The summed E-state index contributed by atoms with van der Waals surface area (Å²) in [7, 11) is 0. The Morgan fingerprint density at radius 2 is 1.96 bits per heavy atom. The fourth-order valence-corrected chi connectivity index (χ4v) is 2.91. The van der Waals surface area contributed by atoms with Gasteiger partial charge in [-0.1, -0.05) is 0 Å². The number of carbonyl (C=O) groups is 1. The van der Waals surface area contributed by atoms with Crippen LogP contribution in [0.1, 0.15) is 11.4 Å². The van der Waals surface area contributed by atoms with Gasteiger partial charge in [-0.3, -0.25) is 9.78 Å². The zero-order valence-corrected chi connectivity index (χ0v) is 13.3. The second kappa shape index (κ2) is 7.27. The van der Waals surface area contributed by atoms with Gasteiger partial charge in [-0.2, -0.15) is 0 Å². The number of aromatic nitrogens is 2. The summed E-state index contributed by atoms with van der Waals surface area (Å²) >= 11 is 1.46. The number of hydrogen-bond donors (Lipinski definition) is 1. The molecule has 0 saturated heterocycles. The number of thiazole rings is 1. The molecule has 2 heterocycles. The van der Waals surface area contributed by atoms with E-state index in [0.29, 0.717) is 6.42 Å². The van der Waals surface area contributed by atoms with Gasteiger partial charge in [0.2, 0.25) is 5.91 Å². The molecule has 2 aromatic heterocycles. The van der Waals surface area contributed by atoms with Crippen molar-refractivity contribution in [3.63, 3.8) is 0 Å². The Balaban J connectivity index is 1.58. The van der Waals surface area contributed by atoms with Crippen LogP contribution in [0.4, 0.5) is 14.5 Å². The molecule has 0 aliphatic rings. The highest BCUT2D eigenvalue weighted by atomic mass is 32.1. The Morgan fingerprint density at radius 3 is 2.71 bits per heavy atom. The minimum atomic E-state index is -0.794. The highest BCUT2D eigenvalue weighted by Gasteiger charge is 2.10. The predicted octanol–water partition coefficient (Wildman–Crippen LogP) is 4.05. The molecule has 0 aliphatic carbocycles. The first-order valence-electron chi connectivity index (χ1n) is 7.21. The third-order valence-corrected chi connectivity index (χ3v) is 4.21. The molecular formula is C17H13F2N3OS. The van der Waals surface area contributed by atoms with Crippen LogP contribution in [0.25, 0.3) is 11.3 Å². The van der Waals surface area contributed by atoms with E-state index in [0.717, 1.165) is 28.4 Å². The Hall–Kier alpha value is -2.67. The molecule has 0 radical (unpaired) electrons. The number of hydrogen-bond acceptors (Lipinski definition) is 4. The standard InChI is InChI=1S/C17H13F2N3OS/c18-12-1-2-14(13(19)9-12)21-16(23)3-4-17-22-15(10-24-17)11-5-7-20-8-6-11/h1-2,5-10H,3-4H2,(H,21,23). The second-order valence-electron chi connectivity index (χ2n) is 5.03. The molecule has 1 amide bonds. The summed E-state index contributed by atoms with van der Waals surface area (Å²) in [5, 5.41) is 5.17. The van der Waals surface area contributed by atoms with Crippen LogP contribution in [0.5, 0.6) is 0 Å². The fourth-order valence-electron chi connectivity index (χ4n) is 2.10. The molecule has 0 saturated carbocycles. The van der Waals surface area contributed by atoms with Gasteiger partial charge in [0, 0.05) is 42.2 Å². The molecule has 7 heteroatoms. The summed E-state index contributed by atoms with van der Waals surface area (Å²) in [4.78, 5) is 20.3. The van der Waals surface area contributed by atoms with Gasteiger partial charge >= 0.3 is 0 Å². The van der Waals surface area contributed by atoms with Crippen LogP contribution in [0.3, 0.4) is 0 Å². The average Bonchev–Trinajstić information content (AvgIpc) is 3.05. The molecule has 0 unspecified atom stereocenters. The van der Waals surface area contributed by atoms with Crippen molar-refractivity contribution >= 4 is 22.9 Å². The van der Waals surface area contributed by atoms with Crippen LogP contribution in [0, 0.1) is 11.6 Å². The van der Waals surface area contributed by atoms with Crippen LogP contribution in [0.2, 0.25) is 0 Å². The van der Waals surface area contributed by atoms with E-state index >= 15 is 0 Å². The van der Waals surface area contributed by atoms with Crippen LogP contribution < -0.4 is 5.32 Å². The molecule has 0 fully saturated rings. The molecule has 0 atom stereocenters. The first-order valence-corrected chi connectivity index (χ1v) is 8.09. The summed E-state index contributed by atoms with van der Waals surface area (Å²) in [6, 6.07) is 6.76. The van der Waals surface area contributed by atoms with Crippen LogP contribution in [-0.2, 0) is 11.2 Å². The lowest BCUT2D eigenvalue weighted by molar-refractivity contribution is -0.116. The molecule has 0 aliphatic heterocycles. The Morgan fingerprint density at radius 1 is 1.17 bits per heavy atom. The maximum Gasteiger partial charge on any atom is 0.224 e. The molecule has 1 N–H and O–H groups in total. The first kappa shape index (κ1) is 16.2. The predicted molar refractivity (Wildman–Crippen MR) is 88.7 cm³/mol. The number of halogens is 2. The van der Waals surface area contributed by atoms with Gasteiger partial charge in [0.05, 0.1) is 16.4 Å². The van der Waals surface area contributed by atoms with Crippen LogP contribution in [-0.4, -0.2) is 15.9 Å². The van der Waals surface area contributed by atoms with Crippen molar-refractivity contribution in [2.75, 3.05) is 5.32 Å². The van der Waals surface area contributed by atoms with Crippen molar-refractivity contribution in [1.29, 1.82) is 0 Å². The number of pyridine rings is 1. The van der Waals surface area contributed by atoms with Crippen LogP contribution >= 0.6 is 11.3 Å². The van der Waals surface area contributed by atoms with E-state index < -0.39 is 11.6 Å². The van der Waals surface area contributed by atoms with E-state index in [1.54, 1.807) is 12.4 Å². The topological polar surface area (TPSA) is 54.9 Å². The molecule has 4 nitrogen and oxygen atoms in total. The third kappa shape index (κ3) is 3.99. The lowest BCUT2D eigenvalue weighted by Gasteiger charge is -2.05. The van der Waals surface area contributed by atoms with Crippen molar-refractivity contribution in [2.45, 2.75) is 12.8 Å². The molecule has 24 heavy (non-hydrogen) atoms. The molecule has 122 valence electrons. The number of aryl methyl sites for hydroxylation is 1. The van der Waals surface area contributed by atoms with Gasteiger partial charge in [0.25, 0.3) is 0 Å². The van der Waals surface area contributed by atoms with Crippen molar-refractivity contribution in [3.05, 3.63) is 64.7 Å². The summed E-state index contributed by atoms with van der Waals surface area (Å²) in [6.07, 6.45) is 4.00. The summed E-state index contributed by atoms with van der Waals surface area (Å²) in [5.74, 6) is -1.82. The maximum atomic E-state index is 13.5. The highest BCUT2D eigenvalue weighted by molar-refractivity contribution is 7.09. The van der Waals surface area contributed by atoms with E-state index in [4.69, 9.17) is 0 Å². The van der Waals surface area contributed by atoms with E-state index in [1.165, 1.54) is 17.4 Å². The number of anilines is 1. The van der Waals surface area contributed by atoms with Gasteiger partial charge < -0.3 is 5.32 Å². The molecular weight excluding hydrogens is 332 g/mol. The summed E-state index contributed by atoms with van der Waals surface area (Å²) in [5.41, 5.74) is 1.77. The molecule has 3 rings (SSSR count). The lowest BCUT2D eigenvalue weighted by Crippen LogP contribution is -2.13. The zero-order chi connectivity index (χ0) is 16.9. The van der Waals surface area contributed by atoms with Crippen molar-refractivity contribution in [1.82, 2.24) is 9.97 Å². The van der Waals surface area contributed by atoms with E-state index in [1.807, 2.05) is 17.5 Å². The second-order valence-corrected chi connectivity index (χ2v) is 5.98. The molecule has 0 spiro atoms. The lowest BCUT2D eigenvalue weighted by atomic mass is 10.2. The van der Waals surface area contributed by atoms with Crippen LogP contribution in [0.15, 0.2) is 48.1 Å². The monoisotopic (exact) mass is 345 g/mol. The van der Waals surface area contributed by atoms with Crippen molar-refractivity contribution in [2.24, 2.45) is 0 Å². The zero-order valence-electron chi connectivity index (χ0n) is 12.5. The van der Waals surface area contributed by atoms with E-state index in [9.17, 15) is 13.6 Å². The van der Waals surface area contributed by atoms with Gasteiger partial charge in [-0.15, -0.1) is 11.3 Å². The van der Waals surface area contributed by atoms with Crippen molar-refractivity contribution < 1.29 is 13.6 Å². The first-order chi connectivity index (χ1) is 11.6. The molecule has 0 bridgehead atoms. The van der Waals surface area contributed by atoms with Gasteiger partial charge in [0.15, 0.2) is 0 Å². The normalized spacial score (nSPS) is 10.6. The summed E-state index contributed by atoms with van der Waals surface area (Å²) in [6.45, 7) is 0. The number of carbonyl (C=O) groups excluding carboxylic acids is 1. The van der Waals surface area contributed by atoms with Gasteiger partial charge in [0.1, 0.15) is 11.6 Å². The number of rotatable bonds is 5. The van der Waals surface area contributed by atoms with E-state index in [2.05, 4.69) is 15.3 Å². The minimum Gasteiger partial charge on any atom is -0.324 e. The quantitative estimate of drug-likeness (QED) is 0.759. The minimum absolute atomic E-state index is 0.0296. The Labute approximate surface area is 141 Å². The van der Waals surface area contributed by atoms with Gasteiger partial charge in [-0.25, -0.2) is 13.8 Å². The highest BCUT2D eigenvalue weighted by Crippen LogP contribution is 2.22. The van der Waals surface area contributed by atoms with Crippen molar-refractivity contribution in [3.8, 4) is 11.3 Å². The maximum absolute atomic E-state index is 13.5. The number of nitrogens with zero attached hydrogens (tertiary/aromatic N) is 2. The molecule has 3 aromatic rings. The largest absolute Gasteiger partial charge is 0.324 e. The number of amides is 1. The average molecular weight is 345 g/mol. The van der Waals surface area contributed by atoms with E-state index in [-0.39, 0.29) is 18.0 Å². The number of benzene rings is 1.